The Bertz CT molecular complexity index is 1490. The number of nitrogens with zero attached hydrogens (tertiary/aromatic N) is 3. The van der Waals surface area contributed by atoms with Gasteiger partial charge in [0.15, 0.2) is 23.1 Å². The number of ketones is 4. The number of carbonyl (C=O) groups excluding carboxylic acids is 5. The standard InChI is InChI=1S/C31H35N3O8/c1-8-13(2)31(39)42-12-21-22-16(25(35)14(3)29(40-6)27(22)37)10-19-24-23-17(26(36)15(4)30(41-7)28(23)38)9-18(33(24)5)20(11-32)34(19)21/h13,18-21,24H,8-10,12H2,1-7H3/t13?,18-,19-,20-,21-,24-/m0/s1. The fourth-order valence-corrected chi connectivity index (χ4v) is 7.25. The first-order valence-electron chi connectivity index (χ1n) is 14.1. The van der Waals surface area contributed by atoms with Gasteiger partial charge in [0.25, 0.3) is 0 Å². The van der Waals surface area contributed by atoms with Crippen molar-refractivity contribution in [1.82, 2.24) is 9.80 Å². The third-order valence-corrected chi connectivity index (χ3v) is 9.61. The number of piperazine rings is 1. The number of esters is 1. The van der Waals surface area contributed by atoms with Gasteiger partial charge in [0.2, 0.25) is 11.6 Å². The van der Waals surface area contributed by atoms with Crippen molar-refractivity contribution >= 4 is 29.1 Å². The minimum absolute atomic E-state index is 0.0262. The van der Waals surface area contributed by atoms with Crippen molar-refractivity contribution in [2.45, 2.75) is 77.2 Å². The quantitative estimate of drug-likeness (QED) is 0.336. The van der Waals surface area contributed by atoms with E-state index in [9.17, 15) is 29.2 Å². The summed E-state index contributed by atoms with van der Waals surface area (Å²) in [5.74, 6) is -2.52. The molecule has 5 rings (SSSR count). The van der Waals surface area contributed by atoms with E-state index in [1.54, 1.807) is 20.9 Å². The van der Waals surface area contributed by atoms with Crippen LogP contribution in [0.1, 0.15) is 47.0 Å². The molecule has 42 heavy (non-hydrogen) atoms. The average molecular weight is 578 g/mol. The molecule has 0 N–H and O–H groups in total. The number of methoxy groups -OCH3 is 2. The third-order valence-electron chi connectivity index (χ3n) is 9.61. The highest BCUT2D eigenvalue weighted by Crippen LogP contribution is 2.49. The summed E-state index contributed by atoms with van der Waals surface area (Å²) in [5.41, 5.74) is 1.41. The fraction of sp³-hybridized carbons (Fsp3) is 0.548. The molecule has 0 aromatic heterocycles. The molecule has 0 aromatic carbocycles. The van der Waals surface area contributed by atoms with Crippen LogP contribution in [0.4, 0.5) is 0 Å². The smallest absolute Gasteiger partial charge is 0.308 e. The van der Waals surface area contributed by atoms with Crippen LogP contribution in [0.15, 0.2) is 45.0 Å². The van der Waals surface area contributed by atoms with Crippen LogP contribution >= 0.6 is 0 Å². The van der Waals surface area contributed by atoms with E-state index < -0.39 is 53.7 Å². The molecule has 6 atom stereocenters. The number of ether oxygens (including phenoxy) is 3. The van der Waals surface area contributed by atoms with Crippen LogP contribution in [-0.4, -0.2) is 97.0 Å². The Balaban J connectivity index is 1.70. The Morgan fingerprint density at radius 2 is 1.45 bits per heavy atom. The second-order valence-corrected chi connectivity index (χ2v) is 11.5. The number of nitriles is 1. The summed E-state index contributed by atoms with van der Waals surface area (Å²) in [6.07, 6.45) is 0.741. The highest BCUT2D eigenvalue weighted by atomic mass is 16.5. The molecule has 0 aromatic rings. The first kappa shape index (κ1) is 29.6. The Morgan fingerprint density at radius 1 is 0.929 bits per heavy atom. The summed E-state index contributed by atoms with van der Waals surface area (Å²) >= 11 is 0. The minimum atomic E-state index is -0.944. The molecule has 1 saturated heterocycles. The van der Waals surface area contributed by atoms with Gasteiger partial charge in [0.05, 0.1) is 38.3 Å². The molecule has 0 radical (unpaired) electrons. The summed E-state index contributed by atoms with van der Waals surface area (Å²) in [6.45, 7) is 6.41. The topological polar surface area (TPSA) is 143 Å². The van der Waals surface area contributed by atoms with Gasteiger partial charge >= 0.3 is 5.97 Å². The lowest BCUT2D eigenvalue weighted by molar-refractivity contribution is -0.152. The molecular weight excluding hydrogens is 542 g/mol. The average Bonchev–Trinajstić information content (AvgIpc) is 2.97. The molecule has 2 aliphatic carbocycles. The Hall–Kier alpha value is -3.88. The summed E-state index contributed by atoms with van der Waals surface area (Å²) in [4.78, 5) is 71.4. The molecule has 1 unspecified atom stereocenters. The third kappa shape index (κ3) is 4.03. The lowest BCUT2D eigenvalue weighted by Gasteiger charge is -2.60. The normalized spacial score (nSPS) is 30.6. The van der Waals surface area contributed by atoms with Gasteiger partial charge in [-0.15, -0.1) is 0 Å². The lowest BCUT2D eigenvalue weighted by atomic mass is 9.67. The summed E-state index contributed by atoms with van der Waals surface area (Å²) in [6, 6.07) is -1.26. The zero-order valence-electron chi connectivity index (χ0n) is 24.9. The maximum Gasteiger partial charge on any atom is 0.308 e. The van der Waals surface area contributed by atoms with E-state index in [4.69, 9.17) is 14.2 Å². The van der Waals surface area contributed by atoms with Crippen LogP contribution in [0.2, 0.25) is 0 Å². The van der Waals surface area contributed by atoms with Gasteiger partial charge in [0.1, 0.15) is 12.6 Å². The number of hydrogen-bond donors (Lipinski definition) is 0. The van der Waals surface area contributed by atoms with Gasteiger partial charge < -0.3 is 14.2 Å². The van der Waals surface area contributed by atoms with Crippen LogP contribution in [0, 0.1) is 17.2 Å². The number of rotatable bonds is 6. The lowest BCUT2D eigenvalue weighted by Crippen LogP contribution is -2.74. The first-order valence-corrected chi connectivity index (χ1v) is 14.1. The highest BCUT2D eigenvalue weighted by Gasteiger charge is 2.60. The Labute approximate surface area is 244 Å². The molecular formula is C31H35N3O8. The van der Waals surface area contributed by atoms with Gasteiger partial charge in [-0.1, -0.05) is 13.8 Å². The van der Waals surface area contributed by atoms with Crippen molar-refractivity contribution in [3.8, 4) is 6.07 Å². The Morgan fingerprint density at radius 3 is 1.98 bits per heavy atom. The van der Waals surface area contributed by atoms with E-state index in [-0.39, 0.29) is 70.4 Å². The summed E-state index contributed by atoms with van der Waals surface area (Å²) in [5, 5.41) is 10.6. The summed E-state index contributed by atoms with van der Waals surface area (Å²) < 4.78 is 16.4. The van der Waals surface area contributed by atoms with Crippen LogP contribution in [0.3, 0.4) is 0 Å². The molecule has 5 aliphatic rings. The number of carbonyl (C=O) groups is 5. The summed E-state index contributed by atoms with van der Waals surface area (Å²) in [7, 11) is 4.47. The fourth-order valence-electron chi connectivity index (χ4n) is 7.25. The molecule has 11 heteroatoms. The molecule has 0 amide bonds. The van der Waals surface area contributed by atoms with E-state index in [1.165, 1.54) is 21.1 Å². The molecule has 2 bridgehead atoms. The minimum Gasteiger partial charge on any atom is -0.492 e. The Kier molecular flexibility index (Phi) is 7.58. The van der Waals surface area contributed by atoms with Crippen molar-refractivity contribution in [2.24, 2.45) is 5.92 Å². The van der Waals surface area contributed by atoms with E-state index in [1.807, 2.05) is 16.7 Å². The second kappa shape index (κ2) is 10.7. The van der Waals surface area contributed by atoms with Crippen LogP contribution in [0.25, 0.3) is 0 Å². The maximum absolute atomic E-state index is 13.8. The zero-order valence-corrected chi connectivity index (χ0v) is 24.9. The van der Waals surface area contributed by atoms with Crippen molar-refractivity contribution in [3.63, 3.8) is 0 Å². The molecule has 222 valence electrons. The number of allylic oxidation sites excluding steroid dienone is 4. The van der Waals surface area contributed by atoms with E-state index >= 15 is 0 Å². The molecule has 3 heterocycles. The first-order chi connectivity index (χ1) is 19.9. The SMILES string of the molecule is CCC(C)C(=O)OC[C@H]1C2=C(C[C@H]3[C@H]4C5=C(C[C@@H]([C@H](C#N)N13)N4C)C(=O)C(C)=C(OC)C5=O)C(=O)C(C)=C(OC)C2=O. The van der Waals surface area contributed by atoms with E-state index in [2.05, 4.69) is 6.07 Å². The predicted octanol–water partition coefficient (Wildman–Crippen LogP) is 1.73. The van der Waals surface area contributed by atoms with Crippen LogP contribution in [-0.2, 0) is 38.2 Å². The number of fused-ring (bicyclic) bond motifs is 5. The van der Waals surface area contributed by atoms with Gasteiger partial charge in [-0.2, -0.15) is 5.26 Å². The molecule has 3 aliphatic heterocycles. The van der Waals surface area contributed by atoms with Gasteiger partial charge in [-0.3, -0.25) is 33.8 Å². The van der Waals surface area contributed by atoms with Crippen molar-refractivity contribution < 1.29 is 38.2 Å². The van der Waals surface area contributed by atoms with Crippen molar-refractivity contribution in [1.29, 1.82) is 5.26 Å². The molecule has 0 saturated carbocycles. The van der Waals surface area contributed by atoms with Crippen LogP contribution in [0.5, 0.6) is 0 Å². The monoisotopic (exact) mass is 577 g/mol. The number of hydrogen-bond acceptors (Lipinski definition) is 11. The molecule has 11 nitrogen and oxygen atoms in total. The van der Waals surface area contributed by atoms with E-state index in [0.717, 1.165) is 0 Å². The predicted molar refractivity (Wildman–Crippen MR) is 147 cm³/mol. The zero-order chi connectivity index (χ0) is 30.8. The van der Waals surface area contributed by atoms with Crippen molar-refractivity contribution in [3.05, 3.63) is 45.0 Å². The van der Waals surface area contributed by atoms with Crippen molar-refractivity contribution in [2.75, 3.05) is 27.9 Å². The maximum atomic E-state index is 13.8. The van der Waals surface area contributed by atoms with Crippen LogP contribution < -0.4 is 0 Å². The number of likely N-dealkylation sites (N-methyl/N-ethyl adjacent to an activating group) is 1. The van der Waals surface area contributed by atoms with E-state index in [0.29, 0.717) is 12.0 Å². The number of Topliss-reactive ketones (excluding diaryl/α,β-unsaturated/α-hetero) is 4. The largest absolute Gasteiger partial charge is 0.492 e. The van der Waals surface area contributed by atoms with Gasteiger partial charge in [0, 0.05) is 45.5 Å². The molecule has 0 spiro atoms. The van der Waals surface area contributed by atoms with Gasteiger partial charge in [-0.25, -0.2) is 0 Å². The molecule has 1 fully saturated rings. The second-order valence-electron chi connectivity index (χ2n) is 11.5. The highest BCUT2D eigenvalue weighted by molar-refractivity contribution is 6.26. The van der Waals surface area contributed by atoms with Gasteiger partial charge in [-0.05, 0) is 40.2 Å².